The van der Waals surface area contributed by atoms with Gasteiger partial charge in [0.05, 0.1) is 17.8 Å². The Bertz CT molecular complexity index is 585. The highest BCUT2D eigenvalue weighted by atomic mass is 16.5. The number of hydrogen-bond donors (Lipinski definition) is 2. The third-order valence-electron chi connectivity index (χ3n) is 7.77. The summed E-state index contributed by atoms with van der Waals surface area (Å²) in [5.41, 5.74) is 2.75. The smallest absolute Gasteiger partial charge is 0.0613 e. The van der Waals surface area contributed by atoms with E-state index in [9.17, 15) is 10.2 Å². The molecular weight excluding hydrogens is 348 g/mol. The first-order valence-corrected chi connectivity index (χ1v) is 11.6. The quantitative estimate of drug-likeness (QED) is 0.624. The lowest BCUT2D eigenvalue weighted by atomic mass is 9.62. The zero-order valence-corrected chi connectivity index (χ0v) is 18.5. The fourth-order valence-corrected chi connectivity index (χ4v) is 6.11. The Balaban J connectivity index is 1.65. The first-order valence-electron chi connectivity index (χ1n) is 11.6. The van der Waals surface area contributed by atoms with Crippen LogP contribution in [0.1, 0.15) is 91.9 Å². The van der Waals surface area contributed by atoms with Crippen molar-refractivity contribution in [2.45, 2.75) is 110 Å². The minimum Gasteiger partial charge on any atom is -0.393 e. The second kappa shape index (κ2) is 9.02. The van der Waals surface area contributed by atoms with E-state index in [1.165, 1.54) is 37.7 Å². The van der Waals surface area contributed by atoms with Crippen LogP contribution in [0.4, 0.5) is 0 Å². The van der Waals surface area contributed by atoms with Crippen LogP contribution in [0.5, 0.6) is 0 Å². The summed E-state index contributed by atoms with van der Waals surface area (Å²) >= 11 is 0. The molecule has 0 unspecified atom stereocenters. The highest BCUT2D eigenvalue weighted by Crippen LogP contribution is 2.58. The highest BCUT2D eigenvalue weighted by molar-refractivity contribution is 5.25. The molecule has 3 aliphatic rings. The Hall–Kier alpha value is -0.640. The van der Waals surface area contributed by atoms with Gasteiger partial charge in [0, 0.05) is 6.61 Å². The molecule has 3 fully saturated rings. The van der Waals surface area contributed by atoms with Crippen molar-refractivity contribution in [3.05, 3.63) is 23.3 Å². The fourth-order valence-electron chi connectivity index (χ4n) is 6.11. The number of allylic oxidation sites excluding steroid dienone is 3. The molecule has 5 atom stereocenters. The van der Waals surface area contributed by atoms with Crippen LogP contribution in [0.15, 0.2) is 23.3 Å². The van der Waals surface area contributed by atoms with Gasteiger partial charge >= 0.3 is 0 Å². The van der Waals surface area contributed by atoms with Gasteiger partial charge in [-0.2, -0.15) is 0 Å². The number of fused-ring (bicyclic) bond motifs is 1. The van der Waals surface area contributed by atoms with E-state index in [2.05, 4.69) is 26.0 Å². The van der Waals surface area contributed by atoms with E-state index in [0.29, 0.717) is 30.3 Å². The minimum atomic E-state index is -0.650. The fraction of sp³-hybridized carbons (Fsp3) is 0.840. The molecular formula is C25H42O3. The third-order valence-corrected chi connectivity index (χ3v) is 7.77. The van der Waals surface area contributed by atoms with Gasteiger partial charge in [0.2, 0.25) is 0 Å². The molecule has 3 rings (SSSR count). The Morgan fingerprint density at radius 3 is 2.68 bits per heavy atom. The zero-order valence-electron chi connectivity index (χ0n) is 18.5. The molecule has 3 aliphatic carbocycles. The maximum absolute atomic E-state index is 9.94. The van der Waals surface area contributed by atoms with Gasteiger partial charge in [-0.15, -0.1) is 0 Å². The van der Waals surface area contributed by atoms with E-state index in [0.717, 1.165) is 25.7 Å². The molecule has 0 aromatic heterocycles. The highest BCUT2D eigenvalue weighted by Gasteiger charge is 2.51. The van der Waals surface area contributed by atoms with Gasteiger partial charge < -0.3 is 14.9 Å². The van der Waals surface area contributed by atoms with Gasteiger partial charge in [0.15, 0.2) is 0 Å². The van der Waals surface area contributed by atoms with Crippen LogP contribution in [0.2, 0.25) is 0 Å². The Morgan fingerprint density at radius 1 is 1.18 bits per heavy atom. The summed E-state index contributed by atoms with van der Waals surface area (Å²) in [4.78, 5) is 0. The van der Waals surface area contributed by atoms with Crippen LogP contribution >= 0.6 is 0 Å². The molecule has 0 heterocycles. The Morgan fingerprint density at radius 2 is 1.96 bits per heavy atom. The molecule has 0 radical (unpaired) electrons. The summed E-state index contributed by atoms with van der Waals surface area (Å²) in [5.74, 6) is 1.28. The average molecular weight is 391 g/mol. The summed E-state index contributed by atoms with van der Waals surface area (Å²) in [6, 6.07) is 0. The van der Waals surface area contributed by atoms with Crippen molar-refractivity contribution in [1.82, 2.24) is 0 Å². The number of aliphatic hydroxyl groups excluding tert-OH is 1. The minimum absolute atomic E-state index is 0.132. The van der Waals surface area contributed by atoms with Gasteiger partial charge in [0.1, 0.15) is 0 Å². The monoisotopic (exact) mass is 390 g/mol. The number of aliphatic hydroxyl groups is 2. The van der Waals surface area contributed by atoms with Crippen LogP contribution in [-0.4, -0.2) is 34.6 Å². The molecule has 3 nitrogen and oxygen atoms in total. The van der Waals surface area contributed by atoms with Crippen LogP contribution in [0.25, 0.3) is 0 Å². The van der Waals surface area contributed by atoms with E-state index in [1.807, 2.05) is 13.8 Å². The van der Waals surface area contributed by atoms with Crippen LogP contribution in [-0.2, 0) is 4.74 Å². The maximum Gasteiger partial charge on any atom is 0.0613 e. The molecule has 28 heavy (non-hydrogen) atoms. The first-order chi connectivity index (χ1) is 13.2. The molecule has 0 aromatic carbocycles. The van der Waals surface area contributed by atoms with Crippen molar-refractivity contribution >= 4 is 0 Å². The molecule has 0 aliphatic heterocycles. The Kier molecular flexibility index (Phi) is 7.10. The first kappa shape index (κ1) is 22.1. The van der Waals surface area contributed by atoms with E-state index in [4.69, 9.17) is 4.74 Å². The normalized spacial score (nSPS) is 38.0. The van der Waals surface area contributed by atoms with Crippen molar-refractivity contribution in [3.8, 4) is 0 Å². The summed E-state index contributed by atoms with van der Waals surface area (Å²) in [6.07, 6.45) is 16.0. The van der Waals surface area contributed by atoms with E-state index < -0.39 is 5.60 Å². The predicted octanol–water partition coefficient (Wildman–Crippen LogP) is 5.56. The SMILES string of the molecule is C[C@H](OCCC(C)(C)O)[C@H]1CC[C@H]2/C(=C/C=C3/CCC[C@@H](O)C3)CCC[C@]12C. The zero-order chi connectivity index (χ0) is 20.4. The van der Waals surface area contributed by atoms with Crippen molar-refractivity contribution in [2.75, 3.05) is 6.61 Å². The van der Waals surface area contributed by atoms with Gasteiger partial charge in [-0.3, -0.25) is 0 Å². The molecule has 0 amide bonds. The van der Waals surface area contributed by atoms with Crippen molar-refractivity contribution in [1.29, 1.82) is 0 Å². The topological polar surface area (TPSA) is 49.7 Å². The Labute approximate surface area is 172 Å². The largest absolute Gasteiger partial charge is 0.393 e. The number of hydrogen-bond acceptors (Lipinski definition) is 3. The van der Waals surface area contributed by atoms with E-state index in [-0.39, 0.29) is 12.2 Å². The third kappa shape index (κ3) is 5.29. The van der Waals surface area contributed by atoms with Crippen LogP contribution in [0, 0.1) is 17.3 Å². The van der Waals surface area contributed by atoms with Crippen LogP contribution < -0.4 is 0 Å². The van der Waals surface area contributed by atoms with Gasteiger partial charge in [-0.25, -0.2) is 0 Å². The molecule has 0 bridgehead atoms. The predicted molar refractivity (Wildman–Crippen MR) is 115 cm³/mol. The lowest BCUT2D eigenvalue weighted by molar-refractivity contribution is -0.0454. The number of ether oxygens (including phenoxy) is 1. The van der Waals surface area contributed by atoms with Crippen molar-refractivity contribution < 1.29 is 14.9 Å². The second-order valence-electron chi connectivity index (χ2n) is 10.6. The molecule has 0 spiro atoms. The van der Waals surface area contributed by atoms with Gasteiger partial charge in [-0.05, 0) is 102 Å². The maximum atomic E-state index is 9.94. The van der Waals surface area contributed by atoms with E-state index >= 15 is 0 Å². The van der Waals surface area contributed by atoms with Crippen LogP contribution in [0.3, 0.4) is 0 Å². The van der Waals surface area contributed by atoms with E-state index in [1.54, 1.807) is 5.57 Å². The average Bonchev–Trinajstić information content (AvgIpc) is 2.96. The standard InChI is InChI=1S/C25H42O3/c1-18(28-16-15-24(2,3)27)22-12-13-23-20(8-6-14-25(22,23)4)11-10-19-7-5-9-21(26)17-19/h10-11,18,21-23,26-27H,5-9,12-17H2,1-4H3/b19-10-,20-11+/t18-,21+,22+,23-,25+/m0/s1. The summed E-state index contributed by atoms with van der Waals surface area (Å²) in [6.45, 7) is 9.08. The lowest BCUT2D eigenvalue weighted by Crippen LogP contribution is -2.39. The van der Waals surface area contributed by atoms with Crippen molar-refractivity contribution in [3.63, 3.8) is 0 Å². The van der Waals surface area contributed by atoms with Crippen molar-refractivity contribution in [2.24, 2.45) is 17.3 Å². The number of rotatable bonds is 6. The molecule has 3 heteroatoms. The molecule has 0 saturated heterocycles. The lowest BCUT2D eigenvalue weighted by Gasteiger charge is -2.44. The molecule has 3 saturated carbocycles. The molecule has 2 N–H and O–H groups in total. The summed E-state index contributed by atoms with van der Waals surface area (Å²) in [5, 5.41) is 19.9. The molecule has 160 valence electrons. The van der Waals surface area contributed by atoms with Gasteiger partial charge in [-0.1, -0.05) is 30.2 Å². The summed E-state index contributed by atoms with van der Waals surface area (Å²) in [7, 11) is 0. The summed E-state index contributed by atoms with van der Waals surface area (Å²) < 4.78 is 6.20. The molecule has 0 aromatic rings. The van der Waals surface area contributed by atoms with Gasteiger partial charge in [0.25, 0.3) is 0 Å². The second-order valence-corrected chi connectivity index (χ2v) is 10.6.